The number of hydrogen-bond acceptors (Lipinski definition) is 5. The van der Waals surface area contributed by atoms with E-state index in [0.717, 1.165) is 11.8 Å². The Kier molecular flexibility index (Phi) is 6.63. The summed E-state index contributed by atoms with van der Waals surface area (Å²) in [4.78, 5) is 0.189. The van der Waals surface area contributed by atoms with Gasteiger partial charge in [0.05, 0.1) is 18.3 Å². The summed E-state index contributed by atoms with van der Waals surface area (Å²) < 4.78 is 56.7. The van der Waals surface area contributed by atoms with E-state index in [4.69, 9.17) is 4.74 Å². The molecule has 0 heterocycles. The molecule has 0 saturated carbocycles. The first kappa shape index (κ1) is 20.2. The van der Waals surface area contributed by atoms with Crippen LogP contribution in [0.1, 0.15) is 12.0 Å². The standard InChI is InChI=1S/C17H22N2O5S2/c1-24-16-9-11-17(12-10-16)26(22,23)18-13-3-4-14-5-7-15(8-6-14)19-25(2,20)21/h5-12,18-19H,3-4,13H2,1-2H3. The highest BCUT2D eigenvalue weighted by molar-refractivity contribution is 7.92. The van der Waals surface area contributed by atoms with Crippen molar-refractivity contribution in [2.45, 2.75) is 17.7 Å². The fraction of sp³-hybridized carbons (Fsp3) is 0.294. The quantitative estimate of drug-likeness (QED) is 0.629. The lowest BCUT2D eigenvalue weighted by molar-refractivity contribution is 0.414. The molecule has 0 aromatic heterocycles. The van der Waals surface area contributed by atoms with Crippen molar-refractivity contribution >= 4 is 25.7 Å². The van der Waals surface area contributed by atoms with Crippen LogP contribution in [0, 0.1) is 0 Å². The molecule has 0 aliphatic heterocycles. The highest BCUT2D eigenvalue weighted by Crippen LogP contribution is 2.15. The number of sulfonamides is 2. The van der Waals surface area contributed by atoms with E-state index in [0.29, 0.717) is 30.8 Å². The van der Waals surface area contributed by atoms with E-state index in [1.807, 2.05) is 12.1 Å². The number of rotatable bonds is 9. The molecule has 0 unspecified atom stereocenters. The van der Waals surface area contributed by atoms with Crippen LogP contribution in [0.15, 0.2) is 53.4 Å². The number of hydrogen-bond donors (Lipinski definition) is 2. The topological polar surface area (TPSA) is 102 Å². The average molecular weight is 399 g/mol. The number of benzene rings is 2. The molecule has 0 spiro atoms. The Morgan fingerprint density at radius 3 is 2.08 bits per heavy atom. The van der Waals surface area contributed by atoms with Crippen molar-refractivity contribution in [2.24, 2.45) is 0 Å². The molecular weight excluding hydrogens is 376 g/mol. The van der Waals surface area contributed by atoms with Gasteiger partial charge in [0.1, 0.15) is 5.75 Å². The minimum Gasteiger partial charge on any atom is -0.497 e. The maximum atomic E-state index is 12.2. The van der Waals surface area contributed by atoms with Crippen molar-refractivity contribution in [3.05, 3.63) is 54.1 Å². The van der Waals surface area contributed by atoms with Gasteiger partial charge in [0.25, 0.3) is 0 Å². The van der Waals surface area contributed by atoms with Gasteiger partial charge in [-0.15, -0.1) is 0 Å². The zero-order valence-corrected chi connectivity index (χ0v) is 16.2. The fourth-order valence-electron chi connectivity index (χ4n) is 2.29. The van der Waals surface area contributed by atoms with Crippen molar-refractivity contribution in [3.8, 4) is 5.75 Å². The maximum absolute atomic E-state index is 12.2. The van der Waals surface area contributed by atoms with Gasteiger partial charge < -0.3 is 4.74 Å². The molecule has 0 amide bonds. The summed E-state index contributed by atoms with van der Waals surface area (Å²) >= 11 is 0. The normalized spacial score (nSPS) is 11.9. The first-order valence-corrected chi connectivity index (χ1v) is 11.3. The SMILES string of the molecule is COc1ccc(S(=O)(=O)NCCCc2ccc(NS(C)(=O)=O)cc2)cc1. The molecule has 7 nitrogen and oxygen atoms in total. The average Bonchev–Trinajstić information content (AvgIpc) is 2.59. The highest BCUT2D eigenvalue weighted by atomic mass is 32.2. The molecule has 2 aromatic carbocycles. The zero-order valence-electron chi connectivity index (χ0n) is 14.6. The van der Waals surface area contributed by atoms with E-state index >= 15 is 0 Å². The van der Waals surface area contributed by atoms with Crippen LogP contribution in [0.3, 0.4) is 0 Å². The van der Waals surface area contributed by atoms with E-state index in [9.17, 15) is 16.8 Å². The summed E-state index contributed by atoms with van der Waals surface area (Å²) in [7, 11) is -5.32. The second kappa shape index (κ2) is 8.52. The first-order valence-electron chi connectivity index (χ1n) is 7.90. The van der Waals surface area contributed by atoms with Gasteiger partial charge in [-0.1, -0.05) is 12.1 Å². The highest BCUT2D eigenvalue weighted by Gasteiger charge is 2.13. The molecule has 0 atom stereocenters. The molecule has 0 saturated heterocycles. The van der Waals surface area contributed by atoms with Crippen molar-refractivity contribution in [1.29, 1.82) is 0 Å². The van der Waals surface area contributed by atoms with Gasteiger partial charge >= 0.3 is 0 Å². The second-order valence-electron chi connectivity index (χ2n) is 5.75. The van der Waals surface area contributed by atoms with Gasteiger partial charge in [0, 0.05) is 12.2 Å². The third kappa shape index (κ3) is 6.32. The van der Waals surface area contributed by atoms with Gasteiger partial charge in [-0.25, -0.2) is 21.6 Å². The predicted molar refractivity (Wildman–Crippen MR) is 101 cm³/mol. The van der Waals surface area contributed by atoms with Gasteiger partial charge in [-0.05, 0) is 54.8 Å². The van der Waals surface area contributed by atoms with E-state index in [1.165, 1.54) is 19.2 Å². The Labute approximate surface area is 154 Å². The predicted octanol–water partition coefficient (Wildman–Crippen LogP) is 1.98. The Morgan fingerprint density at radius 2 is 1.54 bits per heavy atom. The number of nitrogens with one attached hydrogen (secondary N) is 2. The molecule has 2 N–H and O–H groups in total. The molecule has 26 heavy (non-hydrogen) atoms. The molecular formula is C17H22N2O5S2. The number of aryl methyl sites for hydroxylation is 1. The third-order valence-electron chi connectivity index (χ3n) is 3.56. The van der Waals surface area contributed by atoms with Crippen LogP contribution in [0.2, 0.25) is 0 Å². The van der Waals surface area contributed by atoms with E-state index < -0.39 is 20.0 Å². The molecule has 0 aliphatic rings. The minimum absolute atomic E-state index is 0.189. The van der Waals surface area contributed by atoms with Crippen LogP contribution in [0.25, 0.3) is 0 Å². The van der Waals surface area contributed by atoms with Gasteiger partial charge in [0.15, 0.2) is 0 Å². The minimum atomic E-state index is -3.55. The summed E-state index contributed by atoms with van der Waals surface area (Å²) in [6, 6.07) is 13.2. The van der Waals surface area contributed by atoms with Gasteiger partial charge in [-0.2, -0.15) is 0 Å². The Balaban J connectivity index is 1.83. The number of methoxy groups -OCH3 is 1. The summed E-state index contributed by atoms with van der Waals surface area (Å²) in [6.45, 7) is 0.303. The molecule has 9 heteroatoms. The fourth-order valence-corrected chi connectivity index (χ4v) is 3.93. The monoisotopic (exact) mass is 398 g/mol. The number of ether oxygens (including phenoxy) is 1. The van der Waals surface area contributed by atoms with E-state index in [1.54, 1.807) is 24.3 Å². The lowest BCUT2D eigenvalue weighted by atomic mass is 10.1. The lowest BCUT2D eigenvalue weighted by Crippen LogP contribution is -2.25. The third-order valence-corrected chi connectivity index (χ3v) is 5.64. The van der Waals surface area contributed by atoms with Crippen LogP contribution in [-0.4, -0.2) is 36.7 Å². The molecule has 0 fully saturated rings. The van der Waals surface area contributed by atoms with Crippen molar-refractivity contribution < 1.29 is 21.6 Å². The van der Waals surface area contributed by atoms with Crippen molar-refractivity contribution in [3.63, 3.8) is 0 Å². The molecule has 0 bridgehead atoms. The summed E-state index contributed by atoms with van der Waals surface area (Å²) in [5.74, 6) is 0.595. The second-order valence-corrected chi connectivity index (χ2v) is 9.26. The first-order chi connectivity index (χ1) is 12.2. The van der Waals surface area contributed by atoms with Gasteiger partial charge in [-0.3, -0.25) is 4.72 Å². The Morgan fingerprint density at radius 1 is 0.923 bits per heavy atom. The van der Waals surface area contributed by atoms with Crippen LogP contribution in [0.4, 0.5) is 5.69 Å². The molecule has 2 rings (SSSR count). The van der Waals surface area contributed by atoms with Crippen molar-refractivity contribution in [2.75, 3.05) is 24.6 Å². The van der Waals surface area contributed by atoms with Crippen LogP contribution < -0.4 is 14.2 Å². The smallest absolute Gasteiger partial charge is 0.240 e. The molecule has 0 radical (unpaired) electrons. The number of anilines is 1. The van der Waals surface area contributed by atoms with Crippen LogP contribution in [0.5, 0.6) is 5.75 Å². The van der Waals surface area contributed by atoms with E-state index in [2.05, 4.69) is 9.44 Å². The maximum Gasteiger partial charge on any atom is 0.240 e. The van der Waals surface area contributed by atoms with E-state index in [-0.39, 0.29) is 4.90 Å². The summed E-state index contributed by atoms with van der Waals surface area (Å²) in [6.07, 6.45) is 2.38. The summed E-state index contributed by atoms with van der Waals surface area (Å²) in [5.41, 5.74) is 1.49. The molecule has 0 aliphatic carbocycles. The Hall–Kier alpha value is -2.10. The zero-order chi connectivity index (χ0) is 19.2. The lowest BCUT2D eigenvalue weighted by Gasteiger charge is -2.08. The van der Waals surface area contributed by atoms with Gasteiger partial charge in [0.2, 0.25) is 20.0 Å². The summed E-state index contributed by atoms with van der Waals surface area (Å²) in [5, 5.41) is 0. The Bertz CT molecular complexity index is 922. The van der Waals surface area contributed by atoms with Crippen LogP contribution >= 0.6 is 0 Å². The molecule has 2 aromatic rings. The molecule has 142 valence electrons. The van der Waals surface area contributed by atoms with Crippen molar-refractivity contribution in [1.82, 2.24) is 4.72 Å². The van der Waals surface area contributed by atoms with Crippen LogP contribution in [-0.2, 0) is 26.5 Å². The largest absolute Gasteiger partial charge is 0.497 e.